The van der Waals surface area contributed by atoms with E-state index in [1.54, 1.807) is 28.8 Å². The van der Waals surface area contributed by atoms with Gasteiger partial charge in [0.15, 0.2) is 0 Å². The van der Waals surface area contributed by atoms with E-state index in [0.29, 0.717) is 41.0 Å². The molecule has 4 rings (SSSR count). The Kier molecular flexibility index (Phi) is 6.62. The third-order valence-electron chi connectivity index (χ3n) is 4.92. The van der Waals surface area contributed by atoms with E-state index in [1.807, 2.05) is 19.1 Å². The first-order valence-corrected chi connectivity index (χ1v) is 11.7. The summed E-state index contributed by atoms with van der Waals surface area (Å²) in [5, 5.41) is 12.2. The number of nitrogens with one attached hydrogen (secondary N) is 1. The zero-order chi connectivity index (χ0) is 21.8. The second-order valence-corrected chi connectivity index (χ2v) is 9.46. The lowest BCUT2D eigenvalue weighted by atomic mass is 10.1. The Labute approximate surface area is 187 Å². The summed E-state index contributed by atoms with van der Waals surface area (Å²) in [6.07, 6.45) is 0.681. The molecule has 1 N–H and O–H groups in total. The van der Waals surface area contributed by atoms with Crippen molar-refractivity contribution in [2.75, 3.05) is 22.5 Å². The molecule has 0 aliphatic carbocycles. The van der Waals surface area contributed by atoms with Gasteiger partial charge in [-0.05, 0) is 43.3 Å². The lowest BCUT2D eigenvalue weighted by molar-refractivity contribution is -0.117. The standard InChI is InChI=1S/C22H21FN4O2S2/c1-14-2-8-18(9-3-14)30-11-10-19(28)24-22-26-25-21(31-22)15-12-20(29)27(13-15)17-6-4-16(23)5-7-17/h2-9,15H,10-13H2,1H3,(H,24,26,28). The summed E-state index contributed by atoms with van der Waals surface area (Å²) in [6.45, 7) is 2.50. The van der Waals surface area contributed by atoms with Crippen molar-refractivity contribution in [3.8, 4) is 0 Å². The van der Waals surface area contributed by atoms with Crippen LogP contribution in [-0.2, 0) is 9.59 Å². The quantitative estimate of drug-likeness (QED) is 0.525. The average molecular weight is 457 g/mol. The van der Waals surface area contributed by atoms with Gasteiger partial charge in [-0.3, -0.25) is 9.59 Å². The highest BCUT2D eigenvalue weighted by molar-refractivity contribution is 7.99. The van der Waals surface area contributed by atoms with Gasteiger partial charge in [-0.1, -0.05) is 29.0 Å². The fourth-order valence-corrected chi connectivity index (χ4v) is 4.97. The molecule has 1 aliphatic heterocycles. The summed E-state index contributed by atoms with van der Waals surface area (Å²) in [5.74, 6) is 0.0828. The first-order valence-electron chi connectivity index (χ1n) is 9.86. The van der Waals surface area contributed by atoms with Crippen LogP contribution in [0.3, 0.4) is 0 Å². The number of amides is 2. The molecule has 1 aromatic heterocycles. The maximum Gasteiger partial charge on any atom is 0.227 e. The molecule has 1 saturated heterocycles. The Morgan fingerprint density at radius 2 is 1.94 bits per heavy atom. The number of nitrogens with zero attached hydrogens (tertiary/aromatic N) is 3. The molecule has 0 bridgehead atoms. The van der Waals surface area contributed by atoms with Crippen LogP contribution in [0.2, 0.25) is 0 Å². The van der Waals surface area contributed by atoms with E-state index in [0.717, 1.165) is 4.90 Å². The number of benzene rings is 2. The molecule has 2 aromatic carbocycles. The van der Waals surface area contributed by atoms with Crippen molar-refractivity contribution in [2.45, 2.75) is 30.6 Å². The van der Waals surface area contributed by atoms with Crippen LogP contribution in [0.25, 0.3) is 0 Å². The fourth-order valence-electron chi connectivity index (χ4n) is 3.27. The molecule has 31 heavy (non-hydrogen) atoms. The molecule has 9 heteroatoms. The van der Waals surface area contributed by atoms with Gasteiger partial charge in [0.05, 0.1) is 0 Å². The predicted octanol–water partition coefficient (Wildman–Crippen LogP) is 4.63. The summed E-state index contributed by atoms with van der Waals surface area (Å²) in [7, 11) is 0. The Balaban J connectivity index is 1.29. The van der Waals surface area contributed by atoms with Gasteiger partial charge in [0.25, 0.3) is 0 Å². The van der Waals surface area contributed by atoms with Crippen molar-refractivity contribution in [3.05, 3.63) is 64.9 Å². The second-order valence-electron chi connectivity index (χ2n) is 7.29. The molecule has 1 unspecified atom stereocenters. The number of aromatic nitrogens is 2. The number of rotatable bonds is 7. The molecule has 0 saturated carbocycles. The lowest BCUT2D eigenvalue weighted by Crippen LogP contribution is -2.24. The van der Waals surface area contributed by atoms with Gasteiger partial charge in [-0.2, -0.15) is 0 Å². The van der Waals surface area contributed by atoms with Crippen molar-refractivity contribution >= 4 is 45.7 Å². The van der Waals surface area contributed by atoms with Crippen molar-refractivity contribution < 1.29 is 14.0 Å². The van der Waals surface area contributed by atoms with E-state index in [9.17, 15) is 14.0 Å². The summed E-state index contributed by atoms with van der Waals surface area (Å²) in [5.41, 5.74) is 1.87. The summed E-state index contributed by atoms with van der Waals surface area (Å²) in [4.78, 5) is 27.4. The van der Waals surface area contributed by atoms with Gasteiger partial charge in [0, 0.05) is 41.6 Å². The van der Waals surface area contributed by atoms with Crippen LogP contribution < -0.4 is 10.2 Å². The largest absolute Gasteiger partial charge is 0.312 e. The van der Waals surface area contributed by atoms with Crippen LogP contribution >= 0.6 is 23.1 Å². The predicted molar refractivity (Wildman–Crippen MR) is 121 cm³/mol. The highest BCUT2D eigenvalue weighted by atomic mass is 32.2. The zero-order valence-corrected chi connectivity index (χ0v) is 18.5. The van der Waals surface area contributed by atoms with Crippen LogP contribution in [0.15, 0.2) is 53.4 Å². The molecule has 2 amide bonds. The van der Waals surface area contributed by atoms with Crippen LogP contribution in [0.1, 0.15) is 29.3 Å². The molecule has 6 nitrogen and oxygen atoms in total. The Morgan fingerprint density at radius 1 is 1.19 bits per heavy atom. The lowest BCUT2D eigenvalue weighted by Gasteiger charge is -2.16. The zero-order valence-electron chi connectivity index (χ0n) is 16.9. The smallest absolute Gasteiger partial charge is 0.227 e. The summed E-state index contributed by atoms with van der Waals surface area (Å²) >= 11 is 2.92. The summed E-state index contributed by atoms with van der Waals surface area (Å²) in [6, 6.07) is 14.1. The Bertz CT molecular complexity index is 1070. The van der Waals surface area contributed by atoms with E-state index in [-0.39, 0.29) is 23.5 Å². The normalized spacial score (nSPS) is 16.0. The van der Waals surface area contributed by atoms with Crippen LogP contribution in [0, 0.1) is 12.7 Å². The van der Waals surface area contributed by atoms with E-state index >= 15 is 0 Å². The topological polar surface area (TPSA) is 75.2 Å². The number of anilines is 2. The minimum Gasteiger partial charge on any atom is -0.312 e. The van der Waals surface area contributed by atoms with Crippen molar-refractivity contribution in [1.29, 1.82) is 0 Å². The number of carbonyl (C=O) groups excluding carboxylic acids is 2. The molecule has 0 radical (unpaired) electrons. The van der Waals surface area contributed by atoms with Crippen molar-refractivity contribution in [1.82, 2.24) is 10.2 Å². The van der Waals surface area contributed by atoms with Crippen LogP contribution in [0.4, 0.5) is 15.2 Å². The van der Waals surface area contributed by atoms with Gasteiger partial charge < -0.3 is 10.2 Å². The van der Waals surface area contributed by atoms with Gasteiger partial charge >= 0.3 is 0 Å². The second kappa shape index (κ2) is 9.57. The van der Waals surface area contributed by atoms with Gasteiger partial charge in [-0.25, -0.2) is 4.39 Å². The van der Waals surface area contributed by atoms with Gasteiger partial charge in [0.2, 0.25) is 16.9 Å². The number of aryl methyl sites for hydroxylation is 1. The van der Waals surface area contributed by atoms with E-state index in [2.05, 4.69) is 27.6 Å². The molecule has 2 heterocycles. The van der Waals surface area contributed by atoms with Crippen LogP contribution in [-0.4, -0.2) is 34.3 Å². The summed E-state index contributed by atoms with van der Waals surface area (Å²) < 4.78 is 13.1. The molecule has 1 atom stereocenters. The highest BCUT2D eigenvalue weighted by Gasteiger charge is 2.34. The number of thioether (sulfide) groups is 1. The fraction of sp³-hybridized carbons (Fsp3) is 0.273. The molecule has 0 spiro atoms. The number of halogens is 1. The Hall–Kier alpha value is -2.78. The van der Waals surface area contributed by atoms with E-state index in [4.69, 9.17) is 0 Å². The molecular formula is C22H21FN4O2S2. The molecule has 1 fully saturated rings. The number of hydrogen-bond donors (Lipinski definition) is 1. The Morgan fingerprint density at radius 3 is 2.68 bits per heavy atom. The SMILES string of the molecule is Cc1ccc(SCCC(=O)Nc2nnc(C3CC(=O)N(c4ccc(F)cc4)C3)s2)cc1. The third kappa shape index (κ3) is 5.48. The molecule has 3 aromatic rings. The first-order chi connectivity index (χ1) is 15.0. The van der Waals surface area contributed by atoms with Crippen molar-refractivity contribution in [3.63, 3.8) is 0 Å². The number of carbonyl (C=O) groups is 2. The van der Waals surface area contributed by atoms with Gasteiger partial charge in [-0.15, -0.1) is 22.0 Å². The van der Waals surface area contributed by atoms with Crippen molar-refractivity contribution in [2.24, 2.45) is 0 Å². The highest BCUT2D eigenvalue weighted by Crippen LogP contribution is 2.34. The van der Waals surface area contributed by atoms with E-state index < -0.39 is 0 Å². The average Bonchev–Trinajstić information content (AvgIpc) is 3.37. The minimum atomic E-state index is -0.339. The first kappa shape index (κ1) is 21.5. The maximum atomic E-state index is 13.1. The molecular weight excluding hydrogens is 435 g/mol. The minimum absolute atomic E-state index is 0.0366. The van der Waals surface area contributed by atoms with E-state index in [1.165, 1.54) is 29.0 Å². The van der Waals surface area contributed by atoms with Gasteiger partial charge in [0.1, 0.15) is 10.8 Å². The molecule has 1 aliphatic rings. The molecule has 160 valence electrons. The number of hydrogen-bond acceptors (Lipinski definition) is 6. The maximum absolute atomic E-state index is 13.1. The third-order valence-corrected chi connectivity index (χ3v) is 6.93. The monoisotopic (exact) mass is 456 g/mol. The van der Waals surface area contributed by atoms with Crippen LogP contribution in [0.5, 0.6) is 0 Å².